The van der Waals surface area contributed by atoms with Gasteiger partial charge in [0.2, 0.25) is 0 Å². The number of carboxylic acid groups (broad SMARTS) is 1. The van der Waals surface area contributed by atoms with E-state index in [1.807, 2.05) is 12.1 Å². The van der Waals surface area contributed by atoms with E-state index in [9.17, 15) is 4.79 Å². The molecule has 156 valence electrons. The number of likely N-dealkylation sites (tertiary alicyclic amines) is 1. The summed E-state index contributed by atoms with van der Waals surface area (Å²) in [6.45, 7) is 1.99. The third kappa shape index (κ3) is 6.62. The summed E-state index contributed by atoms with van der Waals surface area (Å²) in [5, 5.41) is 8.79. The standard InChI is InChI=1S/C24H29NO3.ClH/c1-28-22-13-8-12-21(17-22)24-20(11-6-3-7-14-23(26)27)15-16-25(24)18-19-9-4-2-5-10-19;/h2-6,8-10,12-13,17,20,24H,7,11,14-16,18H2,1H3,(H,26,27);1H/b6-3-;. The minimum atomic E-state index is -0.742. The van der Waals surface area contributed by atoms with Gasteiger partial charge in [-0.25, -0.2) is 0 Å². The summed E-state index contributed by atoms with van der Waals surface area (Å²) < 4.78 is 5.45. The Kier molecular flexibility index (Phi) is 9.23. The molecule has 5 heteroatoms. The van der Waals surface area contributed by atoms with Crippen LogP contribution >= 0.6 is 12.4 Å². The fourth-order valence-electron chi connectivity index (χ4n) is 4.07. The highest BCUT2D eigenvalue weighted by Gasteiger charge is 2.34. The van der Waals surface area contributed by atoms with E-state index in [1.165, 1.54) is 11.1 Å². The Morgan fingerprint density at radius 3 is 2.69 bits per heavy atom. The van der Waals surface area contributed by atoms with Crippen LogP contribution in [-0.2, 0) is 11.3 Å². The second-order valence-electron chi connectivity index (χ2n) is 7.37. The Balaban J connectivity index is 0.00000300. The van der Waals surface area contributed by atoms with Crippen LogP contribution in [0.3, 0.4) is 0 Å². The molecular formula is C24H30ClNO3. The van der Waals surface area contributed by atoms with E-state index in [1.54, 1.807) is 7.11 Å². The maximum Gasteiger partial charge on any atom is 0.303 e. The van der Waals surface area contributed by atoms with Gasteiger partial charge >= 0.3 is 5.97 Å². The molecule has 2 aromatic rings. The van der Waals surface area contributed by atoms with E-state index in [4.69, 9.17) is 9.84 Å². The summed E-state index contributed by atoms with van der Waals surface area (Å²) in [6.07, 6.45) is 7.06. The summed E-state index contributed by atoms with van der Waals surface area (Å²) in [4.78, 5) is 13.2. The highest BCUT2D eigenvalue weighted by Crippen LogP contribution is 2.41. The second kappa shape index (κ2) is 11.6. The summed E-state index contributed by atoms with van der Waals surface area (Å²) in [5.41, 5.74) is 2.62. The molecule has 0 radical (unpaired) electrons. The van der Waals surface area contributed by atoms with E-state index >= 15 is 0 Å². The molecule has 3 rings (SSSR count). The van der Waals surface area contributed by atoms with Crippen molar-refractivity contribution in [2.75, 3.05) is 13.7 Å². The van der Waals surface area contributed by atoms with Crippen molar-refractivity contribution in [2.24, 2.45) is 5.92 Å². The zero-order valence-electron chi connectivity index (χ0n) is 16.9. The number of benzene rings is 2. The van der Waals surface area contributed by atoms with Gasteiger partial charge < -0.3 is 9.84 Å². The van der Waals surface area contributed by atoms with Gasteiger partial charge in [0.25, 0.3) is 0 Å². The van der Waals surface area contributed by atoms with Crippen molar-refractivity contribution in [1.29, 1.82) is 0 Å². The Morgan fingerprint density at radius 2 is 1.97 bits per heavy atom. The monoisotopic (exact) mass is 415 g/mol. The van der Waals surface area contributed by atoms with Gasteiger partial charge in [0.15, 0.2) is 0 Å². The molecule has 1 aliphatic heterocycles. The molecule has 2 aromatic carbocycles. The number of carbonyl (C=O) groups is 1. The highest BCUT2D eigenvalue weighted by molar-refractivity contribution is 5.85. The SMILES string of the molecule is COc1cccc(C2C(C/C=C\CCC(=O)O)CCN2Cc2ccccc2)c1.Cl. The van der Waals surface area contributed by atoms with Gasteiger partial charge in [-0.1, -0.05) is 54.6 Å². The van der Waals surface area contributed by atoms with Crippen LogP contribution in [0.5, 0.6) is 5.75 Å². The molecule has 29 heavy (non-hydrogen) atoms. The summed E-state index contributed by atoms with van der Waals surface area (Å²) in [6, 6.07) is 19.3. The first-order valence-electron chi connectivity index (χ1n) is 9.96. The third-order valence-corrected chi connectivity index (χ3v) is 5.42. The number of rotatable bonds is 9. The second-order valence-corrected chi connectivity index (χ2v) is 7.37. The number of methoxy groups -OCH3 is 1. The molecule has 1 heterocycles. The first-order valence-corrected chi connectivity index (χ1v) is 9.96. The maximum atomic E-state index is 10.7. The van der Waals surface area contributed by atoms with Crippen molar-refractivity contribution in [3.63, 3.8) is 0 Å². The fraction of sp³-hybridized carbons (Fsp3) is 0.375. The van der Waals surface area contributed by atoms with Crippen molar-refractivity contribution in [2.45, 2.75) is 38.3 Å². The Morgan fingerprint density at radius 1 is 1.17 bits per heavy atom. The van der Waals surface area contributed by atoms with Gasteiger partial charge in [0.1, 0.15) is 5.75 Å². The van der Waals surface area contributed by atoms with Gasteiger partial charge in [-0.15, -0.1) is 12.4 Å². The molecule has 4 nitrogen and oxygen atoms in total. The molecular weight excluding hydrogens is 386 g/mol. The molecule has 1 aliphatic rings. The minimum Gasteiger partial charge on any atom is -0.497 e. The van der Waals surface area contributed by atoms with Crippen LogP contribution in [0.4, 0.5) is 0 Å². The first-order chi connectivity index (χ1) is 13.7. The van der Waals surface area contributed by atoms with E-state index in [0.717, 1.165) is 31.7 Å². The molecule has 0 spiro atoms. The number of ether oxygens (including phenoxy) is 1. The predicted molar refractivity (Wildman–Crippen MR) is 119 cm³/mol. The number of nitrogens with zero attached hydrogens (tertiary/aromatic N) is 1. The molecule has 1 N–H and O–H groups in total. The Hall–Kier alpha value is -2.30. The lowest BCUT2D eigenvalue weighted by Crippen LogP contribution is -2.25. The van der Waals surface area contributed by atoms with Crippen LogP contribution < -0.4 is 4.74 Å². The van der Waals surface area contributed by atoms with Gasteiger partial charge in [-0.05, 0) is 55.0 Å². The molecule has 0 aromatic heterocycles. The van der Waals surface area contributed by atoms with Crippen LogP contribution in [0.25, 0.3) is 0 Å². The van der Waals surface area contributed by atoms with Crippen LogP contribution in [0.2, 0.25) is 0 Å². The Labute approximate surface area is 179 Å². The van der Waals surface area contributed by atoms with Gasteiger partial charge in [0.05, 0.1) is 7.11 Å². The smallest absolute Gasteiger partial charge is 0.303 e. The lowest BCUT2D eigenvalue weighted by atomic mass is 9.90. The van der Waals surface area contributed by atoms with Gasteiger partial charge in [-0.3, -0.25) is 9.69 Å². The van der Waals surface area contributed by atoms with Crippen LogP contribution in [-0.4, -0.2) is 29.6 Å². The van der Waals surface area contributed by atoms with E-state index in [0.29, 0.717) is 18.4 Å². The number of allylic oxidation sites excluding steroid dienone is 2. The van der Waals surface area contributed by atoms with Crippen molar-refractivity contribution in [1.82, 2.24) is 4.90 Å². The van der Waals surface area contributed by atoms with Gasteiger partial charge in [0, 0.05) is 19.0 Å². The average molecular weight is 416 g/mol. The van der Waals surface area contributed by atoms with Crippen molar-refractivity contribution < 1.29 is 14.6 Å². The maximum absolute atomic E-state index is 10.7. The van der Waals surface area contributed by atoms with Crippen LogP contribution in [0, 0.1) is 5.92 Å². The van der Waals surface area contributed by atoms with Crippen molar-refractivity contribution >= 4 is 18.4 Å². The third-order valence-electron chi connectivity index (χ3n) is 5.42. The lowest BCUT2D eigenvalue weighted by Gasteiger charge is -2.29. The minimum absolute atomic E-state index is 0. The number of carboxylic acids is 1. The summed E-state index contributed by atoms with van der Waals surface area (Å²) in [5.74, 6) is 0.658. The van der Waals surface area contributed by atoms with E-state index < -0.39 is 5.97 Å². The van der Waals surface area contributed by atoms with Crippen molar-refractivity contribution in [3.8, 4) is 5.75 Å². The first kappa shape index (κ1) is 23.0. The molecule has 1 fully saturated rings. The quantitative estimate of drug-likeness (QED) is 0.550. The van der Waals surface area contributed by atoms with E-state index in [2.05, 4.69) is 59.5 Å². The number of aliphatic carboxylic acids is 1. The topological polar surface area (TPSA) is 49.8 Å². The fourth-order valence-corrected chi connectivity index (χ4v) is 4.07. The number of hydrogen-bond donors (Lipinski definition) is 1. The number of halogens is 1. The van der Waals surface area contributed by atoms with Gasteiger partial charge in [-0.2, -0.15) is 0 Å². The highest BCUT2D eigenvalue weighted by atomic mass is 35.5. The van der Waals surface area contributed by atoms with Crippen LogP contribution in [0.1, 0.15) is 42.9 Å². The molecule has 0 amide bonds. The molecule has 0 saturated carbocycles. The zero-order valence-corrected chi connectivity index (χ0v) is 17.7. The Bertz CT molecular complexity index is 794. The zero-order chi connectivity index (χ0) is 19.8. The summed E-state index contributed by atoms with van der Waals surface area (Å²) >= 11 is 0. The largest absolute Gasteiger partial charge is 0.497 e. The predicted octanol–water partition coefficient (Wildman–Crippen LogP) is 5.49. The van der Waals surface area contributed by atoms with Crippen molar-refractivity contribution in [3.05, 3.63) is 77.9 Å². The molecule has 2 atom stereocenters. The summed E-state index contributed by atoms with van der Waals surface area (Å²) in [7, 11) is 1.71. The molecule has 0 aliphatic carbocycles. The number of hydrogen-bond acceptors (Lipinski definition) is 3. The average Bonchev–Trinajstić information content (AvgIpc) is 3.10. The van der Waals surface area contributed by atoms with E-state index in [-0.39, 0.29) is 18.8 Å². The normalized spacial score (nSPS) is 19.2. The molecule has 1 saturated heterocycles. The molecule has 0 bridgehead atoms. The lowest BCUT2D eigenvalue weighted by molar-refractivity contribution is -0.136. The van der Waals surface area contributed by atoms with Crippen LogP contribution in [0.15, 0.2) is 66.7 Å². The molecule has 2 unspecified atom stereocenters.